The fourth-order valence-corrected chi connectivity index (χ4v) is 1.18. The van der Waals surface area contributed by atoms with Crippen LogP contribution in [-0.4, -0.2) is 15.2 Å². The van der Waals surface area contributed by atoms with Gasteiger partial charge in [0.1, 0.15) is 12.2 Å². The maximum atomic E-state index is 5.41. The third-order valence-corrected chi connectivity index (χ3v) is 2.00. The van der Waals surface area contributed by atoms with Crippen LogP contribution in [0.1, 0.15) is 38.6 Å². The summed E-state index contributed by atoms with van der Waals surface area (Å²) in [6, 6.07) is 0.0879. The molecule has 0 amide bonds. The normalized spacial score (nSPS) is 13.5. The van der Waals surface area contributed by atoms with Gasteiger partial charge in [0.15, 0.2) is 0 Å². The maximum Gasteiger partial charge on any atom is 0.142 e. The Hall–Kier alpha value is -0.940. The van der Waals surface area contributed by atoms with Crippen molar-refractivity contribution < 1.29 is 0 Å². The van der Waals surface area contributed by atoms with Crippen molar-refractivity contribution in [3.05, 3.63) is 12.2 Å². The Bertz CT molecular complexity index is 218. The fourth-order valence-electron chi connectivity index (χ4n) is 1.18. The highest BCUT2D eigenvalue weighted by Gasteiger charge is 2.12. The summed E-state index contributed by atoms with van der Waals surface area (Å²) in [6.45, 7) is 4.38. The SMILES string of the molecule is CC(C)CCC(NN)c1ncn[nH]1. The van der Waals surface area contributed by atoms with Crippen LogP contribution in [0.15, 0.2) is 6.33 Å². The van der Waals surface area contributed by atoms with Crippen LogP contribution in [0, 0.1) is 5.92 Å². The van der Waals surface area contributed by atoms with Gasteiger partial charge in [0.05, 0.1) is 6.04 Å². The lowest BCUT2D eigenvalue weighted by Crippen LogP contribution is -2.29. The van der Waals surface area contributed by atoms with Crippen molar-refractivity contribution in [2.45, 2.75) is 32.7 Å². The number of nitrogens with two attached hydrogens (primary N) is 1. The van der Waals surface area contributed by atoms with Gasteiger partial charge in [-0.3, -0.25) is 10.9 Å². The Morgan fingerprint density at radius 3 is 2.77 bits per heavy atom. The van der Waals surface area contributed by atoms with Crippen molar-refractivity contribution >= 4 is 0 Å². The molecule has 0 fully saturated rings. The van der Waals surface area contributed by atoms with Crippen LogP contribution in [0.4, 0.5) is 0 Å². The monoisotopic (exact) mass is 183 g/mol. The van der Waals surface area contributed by atoms with Crippen LogP contribution in [0.25, 0.3) is 0 Å². The van der Waals surface area contributed by atoms with Gasteiger partial charge in [-0.05, 0) is 18.8 Å². The van der Waals surface area contributed by atoms with Gasteiger partial charge < -0.3 is 0 Å². The number of nitrogens with one attached hydrogen (secondary N) is 2. The van der Waals surface area contributed by atoms with Crippen molar-refractivity contribution in [2.24, 2.45) is 11.8 Å². The van der Waals surface area contributed by atoms with Crippen molar-refractivity contribution in [1.82, 2.24) is 20.6 Å². The molecule has 4 N–H and O–H groups in total. The number of hydrogen-bond donors (Lipinski definition) is 3. The third kappa shape index (κ3) is 3.12. The zero-order chi connectivity index (χ0) is 9.68. The molecule has 1 heterocycles. The maximum absolute atomic E-state index is 5.41. The number of hydrazine groups is 1. The highest BCUT2D eigenvalue weighted by atomic mass is 15.3. The van der Waals surface area contributed by atoms with Gasteiger partial charge in [0.25, 0.3) is 0 Å². The molecule has 1 aromatic rings. The van der Waals surface area contributed by atoms with Gasteiger partial charge in [-0.15, -0.1) is 0 Å². The number of aromatic nitrogens is 3. The van der Waals surface area contributed by atoms with Crippen molar-refractivity contribution in [1.29, 1.82) is 0 Å². The van der Waals surface area contributed by atoms with Crippen LogP contribution < -0.4 is 11.3 Å². The molecule has 0 saturated heterocycles. The van der Waals surface area contributed by atoms with E-state index in [1.54, 1.807) is 0 Å². The number of aromatic amines is 1. The lowest BCUT2D eigenvalue weighted by atomic mass is 10.0. The van der Waals surface area contributed by atoms with Crippen molar-refractivity contribution in [3.8, 4) is 0 Å². The Balaban J connectivity index is 2.44. The molecular weight excluding hydrogens is 166 g/mol. The first kappa shape index (κ1) is 10.1. The molecule has 5 heteroatoms. The van der Waals surface area contributed by atoms with E-state index in [0.717, 1.165) is 18.7 Å². The molecule has 0 radical (unpaired) electrons. The average molecular weight is 183 g/mol. The minimum atomic E-state index is 0.0879. The second-order valence-electron chi connectivity index (χ2n) is 3.56. The molecule has 0 spiro atoms. The minimum absolute atomic E-state index is 0.0879. The standard InChI is InChI=1S/C8H17N5/c1-6(2)3-4-7(12-9)8-10-5-11-13-8/h5-7,12H,3-4,9H2,1-2H3,(H,10,11,13). The summed E-state index contributed by atoms with van der Waals surface area (Å²) in [5.41, 5.74) is 2.73. The van der Waals surface area contributed by atoms with Crippen LogP contribution in [0.3, 0.4) is 0 Å². The Morgan fingerprint density at radius 2 is 2.31 bits per heavy atom. The van der Waals surface area contributed by atoms with E-state index in [2.05, 4.69) is 34.5 Å². The molecule has 74 valence electrons. The van der Waals surface area contributed by atoms with E-state index in [4.69, 9.17) is 5.84 Å². The van der Waals surface area contributed by atoms with Gasteiger partial charge >= 0.3 is 0 Å². The second kappa shape index (κ2) is 4.94. The average Bonchev–Trinajstić information content (AvgIpc) is 2.58. The molecule has 1 rings (SSSR count). The van der Waals surface area contributed by atoms with E-state index < -0.39 is 0 Å². The summed E-state index contributed by atoms with van der Waals surface area (Å²) in [5.74, 6) is 6.90. The molecule has 0 bridgehead atoms. The van der Waals surface area contributed by atoms with Crippen LogP contribution in [0.5, 0.6) is 0 Å². The molecule has 13 heavy (non-hydrogen) atoms. The van der Waals surface area contributed by atoms with Gasteiger partial charge in [0.2, 0.25) is 0 Å². The quantitative estimate of drug-likeness (QED) is 0.465. The zero-order valence-corrected chi connectivity index (χ0v) is 8.12. The molecule has 1 aromatic heterocycles. The molecular formula is C8H17N5. The number of nitrogens with zero attached hydrogens (tertiary/aromatic N) is 2. The van der Waals surface area contributed by atoms with E-state index in [9.17, 15) is 0 Å². The number of rotatable bonds is 5. The van der Waals surface area contributed by atoms with Gasteiger partial charge in [0, 0.05) is 0 Å². The molecule has 0 aliphatic rings. The molecule has 0 aromatic carbocycles. The van der Waals surface area contributed by atoms with E-state index in [0.29, 0.717) is 5.92 Å². The first-order chi connectivity index (χ1) is 6.24. The summed E-state index contributed by atoms with van der Waals surface area (Å²) in [5, 5.41) is 6.59. The summed E-state index contributed by atoms with van der Waals surface area (Å²) < 4.78 is 0. The van der Waals surface area contributed by atoms with E-state index in [1.807, 2.05) is 0 Å². The number of hydrogen-bond acceptors (Lipinski definition) is 4. The smallest absolute Gasteiger partial charge is 0.142 e. The van der Waals surface area contributed by atoms with Crippen molar-refractivity contribution in [3.63, 3.8) is 0 Å². The fraction of sp³-hybridized carbons (Fsp3) is 0.750. The first-order valence-corrected chi connectivity index (χ1v) is 4.55. The lowest BCUT2D eigenvalue weighted by molar-refractivity contribution is 0.434. The highest BCUT2D eigenvalue weighted by molar-refractivity contribution is 4.89. The summed E-state index contributed by atoms with van der Waals surface area (Å²) in [4.78, 5) is 4.06. The van der Waals surface area contributed by atoms with Gasteiger partial charge in [-0.2, -0.15) is 5.10 Å². The van der Waals surface area contributed by atoms with Gasteiger partial charge in [-0.25, -0.2) is 10.4 Å². The van der Waals surface area contributed by atoms with Crippen LogP contribution in [0.2, 0.25) is 0 Å². The Labute approximate surface area is 78.1 Å². The molecule has 5 nitrogen and oxygen atoms in total. The topological polar surface area (TPSA) is 79.6 Å². The predicted octanol–water partition coefficient (Wildman–Crippen LogP) is 0.745. The first-order valence-electron chi connectivity index (χ1n) is 4.55. The third-order valence-electron chi connectivity index (χ3n) is 2.00. The molecule has 1 unspecified atom stereocenters. The summed E-state index contributed by atoms with van der Waals surface area (Å²) in [6.07, 6.45) is 3.59. The van der Waals surface area contributed by atoms with E-state index >= 15 is 0 Å². The van der Waals surface area contributed by atoms with Crippen LogP contribution >= 0.6 is 0 Å². The zero-order valence-electron chi connectivity index (χ0n) is 8.12. The molecule has 0 aliphatic heterocycles. The van der Waals surface area contributed by atoms with Gasteiger partial charge in [-0.1, -0.05) is 13.8 Å². The van der Waals surface area contributed by atoms with Crippen LogP contribution in [-0.2, 0) is 0 Å². The molecule has 0 aliphatic carbocycles. The summed E-state index contributed by atoms with van der Waals surface area (Å²) in [7, 11) is 0. The molecule has 1 atom stereocenters. The van der Waals surface area contributed by atoms with E-state index in [1.165, 1.54) is 6.33 Å². The highest BCUT2D eigenvalue weighted by Crippen LogP contribution is 2.15. The summed E-state index contributed by atoms with van der Waals surface area (Å²) >= 11 is 0. The Kier molecular flexibility index (Phi) is 3.85. The lowest BCUT2D eigenvalue weighted by Gasteiger charge is -2.13. The second-order valence-corrected chi connectivity index (χ2v) is 3.56. The largest absolute Gasteiger partial charge is 0.271 e. The van der Waals surface area contributed by atoms with Crippen molar-refractivity contribution in [2.75, 3.05) is 0 Å². The molecule has 0 saturated carbocycles. The predicted molar refractivity (Wildman–Crippen MR) is 50.5 cm³/mol. The van der Waals surface area contributed by atoms with E-state index in [-0.39, 0.29) is 6.04 Å². The number of H-pyrrole nitrogens is 1. The minimum Gasteiger partial charge on any atom is -0.271 e. The Morgan fingerprint density at radius 1 is 1.54 bits per heavy atom.